The summed E-state index contributed by atoms with van der Waals surface area (Å²) in [4.78, 5) is 7.27. The van der Waals surface area contributed by atoms with Crippen LogP contribution in [0.1, 0.15) is 33.4 Å². The van der Waals surface area contributed by atoms with Crippen LogP contribution in [0.25, 0.3) is 10.6 Å². The molecule has 0 atom stereocenters. The van der Waals surface area contributed by atoms with Gasteiger partial charge in [0.05, 0.1) is 0 Å². The van der Waals surface area contributed by atoms with E-state index >= 15 is 0 Å². The van der Waals surface area contributed by atoms with Crippen molar-refractivity contribution in [3.05, 3.63) is 34.6 Å². The second kappa shape index (κ2) is 8.92. The van der Waals surface area contributed by atoms with E-state index in [9.17, 15) is 13.2 Å². The quantitative estimate of drug-likeness (QED) is 0.649. The van der Waals surface area contributed by atoms with Crippen LogP contribution in [0.4, 0.5) is 13.2 Å². The summed E-state index contributed by atoms with van der Waals surface area (Å²) in [6.07, 6.45) is -3.28. The Morgan fingerprint density at radius 2 is 1.70 bits per heavy atom. The normalized spacial score (nSPS) is 10.0. The first kappa shape index (κ1) is 18.9. The minimum absolute atomic E-state index is 0.319. The maximum Gasteiger partial charge on any atom is 0.433 e. The van der Waals surface area contributed by atoms with Crippen molar-refractivity contribution in [1.82, 2.24) is 9.97 Å². The molecule has 0 radical (unpaired) electrons. The van der Waals surface area contributed by atoms with Gasteiger partial charge in [-0.3, -0.25) is 4.98 Å². The number of halogens is 4. The lowest BCUT2D eigenvalue weighted by Gasteiger charge is -2.04. The second-order valence-corrected chi connectivity index (χ2v) is 4.15. The van der Waals surface area contributed by atoms with E-state index in [4.69, 9.17) is 11.6 Å². The van der Waals surface area contributed by atoms with Gasteiger partial charge in [0.25, 0.3) is 0 Å². The number of hydrogen-bond acceptors (Lipinski definition) is 3. The van der Waals surface area contributed by atoms with Crippen LogP contribution in [0.2, 0.25) is 5.15 Å². The van der Waals surface area contributed by atoms with Crippen LogP contribution in [0.5, 0.6) is 0 Å². The average Bonchev–Trinajstić information content (AvgIpc) is 2.89. The Balaban J connectivity index is 0.000000829. The highest BCUT2D eigenvalue weighted by Crippen LogP contribution is 2.30. The van der Waals surface area contributed by atoms with Crippen molar-refractivity contribution in [2.45, 2.75) is 33.9 Å². The van der Waals surface area contributed by atoms with Gasteiger partial charge < -0.3 is 0 Å². The summed E-state index contributed by atoms with van der Waals surface area (Å²) in [5, 5.41) is 2.47. The molecular formula is C13H16ClF3N2S. The van der Waals surface area contributed by atoms with Gasteiger partial charge in [0.15, 0.2) is 0 Å². The lowest BCUT2D eigenvalue weighted by atomic mass is 10.2. The minimum Gasteiger partial charge on any atom is -0.251 e. The van der Waals surface area contributed by atoms with E-state index in [1.165, 1.54) is 17.4 Å². The Morgan fingerprint density at radius 1 is 1.10 bits per heavy atom. The van der Waals surface area contributed by atoms with Crippen LogP contribution in [0, 0.1) is 0 Å². The van der Waals surface area contributed by atoms with Gasteiger partial charge in [-0.05, 0) is 12.1 Å². The van der Waals surface area contributed by atoms with E-state index in [-0.39, 0.29) is 0 Å². The minimum atomic E-state index is -4.42. The molecule has 0 bridgehead atoms. The van der Waals surface area contributed by atoms with Crippen molar-refractivity contribution in [2.75, 3.05) is 0 Å². The van der Waals surface area contributed by atoms with Crippen molar-refractivity contribution in [1.29, 1.82) is 0 Å². The maximum absolute atomic E-state index is 12.2. The van der Waals surface area contributed by atoms with Gasteiger partial charge >= 0.3 is 6.18 Å². The third kappa shape index (κ3) is 5.46. The lowest BCUT2D eigenvalue weighted by Crippen LogP contribution is -2.07. The van der Waals surface area contributed by atoms with Crippen LogP contribution in [-0.2, 0) is 6.18 Å². The van der Waals surface area contributed by atoms with E-state index in [0.29, 0.717) is 15.7 Å². The molecule has 0 aliphatic carbocycles. The zero-order valence-electron chi connectivity index (χ0n) is 11.6. The first-order valence-electron chi connectivity index (χ1n) is 6.11. The van der Waals surface area contributed by atoms with E-state index < -0.39 is 11.9 Å². The van der Waals surface area contributed by atoms with Gasteiger partial charge in [0.2, 0.25) is 0 Å². The van der Waals surface area contributed by atoms with Crippen molar-refractivity contribution in [3.8, 4) is 10.6 Å². The first-order chi connectivity index (χ1) is 9.47. The monoisotopic (exact) mass is 324 g/mol. The van der Waals surface area contributed by atoms with E-state index in [1.807, 2.05) is 27.7 Å². The van der Waals surface area contributed by atoms with E-state index in [1.54, 1.807) is 5.38 Å². The zero-order chi connectivity index (χ0) is 15.8. The molecular weight excluding hydrogens is 309 g/mol. The molecule has 0 saturated carbocycles. The molecule has 2 nitrogen and oxygen atoms in total. The smallest absolute Gasteiger partial charge is 0.251 e. The molecule has 0 saturated heterocycles. The zero-order valence-corrected chi connectivity index (χ0v) is 13.2. The highest BCUT2D eigenvalue weighted by molar-refractivity contribution is 7.13. The van der Waals surface area contributed by atoms with Crippen LogP contribution in [0.15, 0.2) is 23.7 Å². The first-order valence-corrected chi connectivity index (χ1v) is 7.37. The van der Waals surface area contributed by atoms with Gasteiger partial charge in [-0.25, -0.2) is 4.98 Å². The third-order valence-corrected chi connectivity index (χ3v) is 2.99. The number of alkyl halides is 3. The molecule has 7 heteroatoms. The molecule has 0 amide bonds. The number of hydrogen-bond donors (Lipinski definition) is 0. The highest BCUT2D eigenvalue weighted by Gasteiger charge is 2.32. The van der Waals surface area contributed by atoms with E-state index in [0.717, 1.165) is 12.3 Å². The van der Waals surface area contributed by atoms with Gasteiger partial charge in [-0.15, -0.1) is 11.3 Å². The average molecular weight is 325 g/mol. The van der Waals surface area contributed by atoms with Gasteiger partial charge in [-0.1, -0.05) is 39.3 Å². The largest absolute Gasteiger partial charge is 0.433 e. The van der Waals surface area contributed by atoms with Crippen LogP contribution in [-0.4, -0.2) is 9.97 Å². The molecule has 0 spiro atoms. The molecule has 0 aliphatic heterocycles. The number of nitrogens with zero attached hydrogens (tertiary/aromatic N) is 2. The standard InChI is InChI=1S/C9H4ClF3N2S.2C2H6/c10-7-4-16-8(15-7)5-1-2-6(14-3-5)9(11,12)13;2*1-2/h1-4H;2*1-2H3. The lowest BCUT2D eigenvalue weighted by molar-refractivity contribution is -0.141. The number of aromatic nitrogens is 2. The Hall–Kier alpha value is -1.14. The van der Waals surface area contributed by atoms with Crippen LogP contribution >= 0.6 is 22.9 Å². The summed E-state index contributed by atoms with van der Waals surface area (Å²) in [7, 11) is 0. The van der Waals surface area contributed by atoms with Crippen molar-refractivity contribution >= 4 is 22.9 Å². The predicted octanol–water partition coefficient (Wildman–Crippen LogP) is 5.93. The molecule has 2 aromatic heterocycles. The van der Waals surface area contributed by atoms with Gasteiger partial charge in [0, 0.05) is 17.1 Å². The topological polar surface area (TPSA) is 25.8 Å². The second-order valence-electron chi connectivity index (χ2n) is 2.91. The maximum atomic E-state index is 12.2. The molecule has 0 aliphatic rings. The molecule has 0 unspecified atom stereocenters. The molecule has 2 heterocycles. The molecule has 0 aromatic carbocycles. The number of pyridine rings is 1. The summed E-state index contributed by atoms with van der Waals surface area (Å²) < 4.78 is 36.7. The summed E-state index contributed by atoms with van der Waals surface area (Å²) in [6.45, 7) is 8.00. The van der Waals surface area contributed by atoms with E-state index in [2.05, 4.69) is 9.97 Å². The number of thiazole rings is 1. The summed E-state index contributed by atoms with van der Waals surface area (Å²) in [5.74, 6) is 0. The van der Waals surface area contributed by atoms with Crippen molar-refractivity contribution in [3.63, 3.8) is 0 Å². The Morgan fingerprint density at radius 3 is 2.05 bits per heavy atom. The molecule has 20 heavy (non-hydrogen) atoms. The Kier molecular flexibility index (Phi) is 8.41. The van der Waals surface area contributed by atoms with Crippen molar-refractivity contribution in [2.24, 2.45) is 0 Å². The van der Waals surface area contributed by atoms with Crippen LogP contribution in [0.3, 0.4) is 0 Å². The fraction of sp³-hybridized carbons (Fsp3) is 0.385. The SMILES string of the molecule is CC.CC.FC(F)(F)c1ccc(-c2nc(Cl)cs2)cn1. The Labute approximate surface area is 125 Å². The van der Waals surface area contributed by atoms with Crippen molar-refractivity contribution < 1.29 is 13.2 Å². The fourth-order valence-electron chi connectivity index (χ4n) is 1.07. The molecule has 2 rings (SSSR count). The van der Waals surface area contributed by atoms with Gasteiger partial charge in [0.1, 0.15) is 15.9 Å². The summed E-state index contributed by atoms with van der Waals surface area (Å²) >= 11 is 6.86. The summed E-state index contributed by atoms with van der Waals surface area (Å²) in [6, 6.07) is 2.25. The Bertz CT molecular complexity index is 495. The summed E-state index contributed by atoms with van der Waals surface area (Å²) in [5.41, 5.74) is -0.399. The number of rotatable bonds is 1. The molecule has 0 fully saturated rings. The molecule has 2 aromatic rings. The third-order valence-electron chi connectivity index (χ3n) is 1.78. The molecule has 112 valence electrons. The van der Waals surface area contributed by atoms with Crippen LogP contribution < -0.4 is 0 Å². The highest BCUT2D eigenvalue weighted by atomic mass is 35.5. The predicted molar refractivity (Wildman–Crippen MR) is 78.1 cm³/mol. The van der Waals surface area contributed by atoms with Gasteiger partial charge in [-0.2, -0.15) is 13.2 Å². The molecule has 0 N–H and O–H groups in total. The fourth-order valence-corrected chi connectivity index (χ4v) is 2.01.